The van der Waals surface area contributed by atoms with Crippen LogP contribution in [-0.2, 0) is 0 Å². The van der Waals surface area contributed by atoms with Crippen LogP contribution in [0.25, 0.3) is 21.6 Å². The molecule has 3 heterocycles. The second-order valence-corrected chi connectivity index (χ2v) is 7.08. The predicted molar refractivity (Wildman–Crippen MR) is 118 cm³/mol. The summed E-state index contributed by atoms with van der Waals surface area (Å²) in [6, 6.07) is 12.6. The fraction of sp³-hybridized carbons (Fsp3) is 0.0952. The van der Waals surface area contributed by atoms with Crippen molar-refractivity contribution >= 4 is 39.5 Å². The number of thiophene rings is 1. The van der Waals surface area contributed by atoms with Gasteiger partial charge in [-0.25, -0.2) is 20.4 Å². The first-order chi connectivity index (χ1) is 14.7. The third-order valence-corrected chi connectivity index (χ3v) is 5.22. The molecule has 0 radical (unpaired) electrons. The van der Waals surface area contributed by atoms with Crippen LogP contribution in [0.3, 0.4) is 0 Å². The lowest BCUT2D eigenvalue weighted by Crippen LogP contribution is -2.17. The third-order valence-electron chi connectivity index (χ3n) is 4.31. The van der Waals surface area contributed by atoms with Gasteiger partial charge in [-0.15, -0.1) is 11.3 Å². The smallest absolute Gasteiger partial charge is 0.271 e. The summed E-state index contributed by atoms with van der Waals surface area (Å²) in [5.74, 6) is 1.49. The van der Waals surface area contributed by atoms with Crippen LogP contribution in [0.2, 0.25) is 0 Å². The molecule has 1 amide bonds. The Morgan fingerprint density at radius 3 is 2.77 bits per heavy atom. The Bertz CT molecular complexity index is 1220. The van der Waals surface area contributed by atoms with Gasteiger partial charge in [-0.3, -0.25) is 4.79 Å². The van der Waals surface area contributed by atoms with Crippen LogP contribution >= 0.6 is 11.3 Å². The largest absolute Gasteiger partial charge is 0.481 e. The number of hydrogen-bond acceptors (Lipinski definition) is 8. The molecule has 8 nitrogen and oxygen atoms in total. The predicted octanol–water partition coefficient (Wildman–Crippen LogP) is 3.57. The number of carbonyl (C=O) groups is 1. The number of fused-ring (bicyclic) bond motifs is 1. The van der Waals surface area contributed by atoms with E-state index >= 15 is 0 Å². The van der Waals surface area contributed by atoms with E-state index in [9.17, 15) is 4.79 Å². The van der Waals surface area contributed by atoms with Crippen molar-refractivity contribution in [3.05, 3.63) is 65.2 Å². The van der Waals surface area contributed by atoms with Gasteiger partial charge in [0.15, 0.2) is 5.82 Å². The molecule has 0 aliphatic rings. The van der Waals surface area contributed by atoms with E-state index in [-0.39, 0.29) is 5.91 Å². The van der Waals surface area contributed by atoms with E-state index in [1.807, 2.05) is 30.6 Å². The molecular formula is C21H18N6O2S. The van der Waals surface area contributed by atoms with Crippen molar-refractivity contribution in [3.8, 4) is 17.3 Å². The molecule has 0 aliphatic heterocycles. The molecule has 0 saturated carbocycles. The van der Waals surface area contributed by atoms with Gasteiger partial charge in [-0.1, -0.05) is 12.1 Å². The topological polar surface area (TPSA) is 101 Å². The Morgan fingerprint density at radius 1 is 1.17 bits per heavy atom. The van der Waals surface area contributed by atoms with Gasteiger partial charge in [-0.05, 0) is 35.7 Å². The SMILES string of the molecule is CNc1nc(-c2ccc(C(=O)NN=Cc3cccnc3OC)cc2)nc2ccsc12. The summed E-state index contributed by atoms with van der Waals surface area (Å²) in [4.78, 5) is 25.6. The van der Waals surface area contributed by atoms with Crippen molar-refractivity contribution in [1.82, 2.24) is 20.4 Å². The minimum atomic E-state index is -0.328. The van der Waals surface area contributed by atoms with Crippen LogP contribution in [-0.4, -0.2) is 41.2 Å². The maximum atomic E-state index is 12.4. The normalized spacial score (nSPS) is 11.0. The molecule has 0 spiro atoms. The molecule has 0 bridgehead atoms. The molecule has 1 aromatic carbocycles. The van der Waals surface area contributed by atoms with Gasteiger partial charge in [0.1, 0.15) is 5.82 Å². The highest BCUT2D eigenvalue weighted by atomic mass is 32.1. The van der Waals surface area contributed by atoms with Crippen LogP contribution in [0.4, 0.5) is 5.82 Å². The molecule has 0 saturated heterocycles. The number of ether oxygens (including phenoxy) is 1. The highest BCUT2D eigenvalue weighted by molar-refractivity contribution is 7.17. The van der Waals surface area contributed by atoms with Crippen molar-refractivity contribution in [3.63, 3.8) is 0 Å². The Balaban J connectivity index is 1.49. The number of anilines is 1. The number of nitrogens with one attached hydrogen (secondary N) is 2. The van der Waals surface area contributed by atoms with E-state index in [0.29, 0.717) is 22.8 Å². The molecule has 0 atom stereocenters. The van der Waals surface area contributed by atoms with E-state index in [1.54, 1.807) is 41.8 Å². The average Bonchev–Trinajstić information content (AvgIpc) is 3.27. The van der Waals surface area contributed by atoms with Crippen LogP contribution in [0.1, 0.15) is 15.9 Å². The first kappa shape index (κ1) is 19.5. The summed E-state index contributed by atoms with van der Waals surface area (Å²) in [5.41, 5.74) is 5.34. The number of amides is 1. The first-order valence-corrected chi connectivity index (χ1v) is 9.93. The molecule has 0 aliphatic carbocycles. The molecule has 0 unspecified atom stereocenters. The molecule has 2 N–H and O–H groups in total. The Kier molecular flexibility index (Phi) is 5.62. The van der Waals surface area contributed by atoms with Gasteiger partial charge < -0.3 is 10.1 Å². The number of hydrazone groups is 1. The molecule has 9 heteroatoms. The van der Waals surface area contributed by atoms with E-state index in [0.717, 1.165) is 21.6 Å². The average molecular weight is 418 g/mol. The highest BCUT2D eigenvalue weighted by Gasteiger charge is 2.11. The number of methoxy groups -OCH3 is 1. The van der Waals surface area contributed by atoms with E-state index in [2.05, 4.69) is 30.8 Å². The number of carbonyl (C=O) groups excluding carboxylic acids is 1. The summed E-state index contributed by atoms with van der Waals surface area (Å²) in [5, 5.41) is 9.07. The molecular weight excluding hydrogens is 400 g/mol. The van der Waals surface area contributed by atoms with Gasteiger partial charge in [0.05, 0.1) is 29.1 Å². The lowest BCUT2D eigenvalue weighted by atomic mass is 10.1. The van der Waals surface area contributed by atoms with Crippen LogP contribution < -0.4 is 15.5 Å². The molecule has 4 rings (SSSR count). The Labute approximate surface area is 176 Å². The zero-order chi connectivity index (χ0) is 20.9. The zero-order valence-corrected chi connectivity index (χ0v) is 17.1. The number of pyridine rings is 1. The van der Waals surface area contributed by atoms with Crippen LogP contribution in [0.15, 0.2) is 59.1 Å². The fourth-order valence-electron chi connectivity index (χ4n) is 2.83. The van der Waals surface area contributed by atoms with Gasteiger partial charge in [-0.2, -0.15) is 5.10 Å². The van der Waals surface area contributed by atoms with Crippen molar-refractivity contribution in [2.24, 2.45) is 5.10 Å². The van der Waals surface area contributed by atoms with Gasteiger partial charge >= 0.3 is 0 Å². The minimum Gasteiger partial charge on any atom is -0.481 e. The standard InChI is InChI=1S/C21H18N6O2S/c1-22-19-17-16(9-11-30-17)25-18(26-19)13-5-7-14(8-6-13)20(28)27-24-12-15-4-3-10-23-21(15)29-2/h3-12H,1-2H3,(H,27,28)(H,22,25,26). The molecule has 30 heavy (non-hydrogen) atoms. The van der Waals surface area contributed by atoms with Gasteiger partial charge in [0.25, 0.3) is 5.91 Å². The first-order valence-electron chi connectivity index (χ1n) is 9.05. The van der Waals surface area contributed by atoms with Crippen molar-refractivity contribution in [2.75, 3.05) is 19.5 Å². The quantitative estimate of drug-likeness (QED) is 0.367. The lowest BCUT2D eigenvalue weighted by Gasteiger charge is -2.06. The Morgan fingerprint density at radius 2 is 2.00 bits per heavy atom. The summed E-state index contributed by atoms with van der Waals surface area (Å²) in [7, 11) is 3.36. The summed E-state index contributed by atoms with van der Waals surface area (Å²) < 4.78 is 6.16. The molecule has 4 aromatic rings. The number of rotatable bonds is 6. The van der Waals surface area contributed by atoms with Crippen molar-refractivity contribution in [2.45, 2.75) is 0 Å². The Hall–Kier alpha value is -3.85. The van der Waals surface area contributed by atoms with E-state index in [1.165, 1.54) is 13.3 Å². The lowest BCUT2D eigenvalue weighted by molar-refractivity contribution is 0.0955. The number of aromatic nitrogens is 3. The summed E-state index contributed by atoms with van der Waals surface area (Å²) >= 11 is 1.59. The monoisotopic (exact) mass is 418 g/mol. The number of benzene rings is 1. The van der Waals surface area contributed by atoms with Crippen molar-refractivity contribution in [1.29, 1.82) is 0 Å². The van der Waals surface area contributed by atoms with Crippen molar-refractivity contribution < 1.29 is 9.53 Å². The molecule has 3 aromatic heterocycles. The maximum Gasteiger partial charge on any atom is 0.271 e. The van der Waals surface area contributed by atoms with Gasteiger partial charge in [0.2, 0.25) is 5.88 Å². The van der Waals surface area contributed by atoms with Crippen LogP contribution in [0, 0.1) is 0 Å². The summed E-state index contributed by atoms with van der Waals surface area (Å²) in [6.07, 6.45) is 3.11. The maximum absolute atomic E-state index is 12.4. The van der Waals surface area contributed by atoms with E-state index in [4.69, 9.17) is 4.74 Å². The fourth-order valence-corrected chi connectivity index (χ4v) is 3.66. The van der Waals surface area contributed by atoms with Crippen LogP contribution in [0.5, 0.6) is 5.88 Å². The second-order valence-electron chi connectivity index (χ2n) is 6.16. The number of nitrogens with zero attached hydrogens (tertiary/aromatic N) is 4. The minimum absolute atomic E-state index is 0.328. The zero-order valence-electron chi connectivity index (χ0n) is 16.3. The number of hydrogen-bond donors (Lipinski definition) is 2. The summed E-state index contributed by atoms with van der Waals surface area (Å²) in [6.45, 7) is 0. The molecule has 0 fully saturated rings. The molecule has 150 valence electrons. The van der Waals surface area contributed by atoms with Gasteiger partial charge in [0, 0.05) is 24.4 Å². The van der Waals surface area contributed by atoms with E-state index < -0.39 is 0 Å². The second kappa shape index (κ2) is 8.66. The third kappa shape index (κ3) is 3.96. The highest BCUT2D eigenvalue weighted by Crippen LogP contribution is 2.28.